The van der Waals surface area contributed by atoms with Crippen LogP contribution in [-0.4, -0.2) is 24.3 Å². The Balaban J connectivity index is 3.24. The normalized spacial score (nSPS) is 11.4. The smallest absolute Gasteiger partial charge is 0.305 e. The lowest BCUT2D eigenvalue weighted by molar-refractivity contribution is 0.598. The average molecular weight is 322 g/mol. The van der Waals surface area contributed by atoms with Crippen molar-refractivity contribution < 1.29 is 8.42 Å². The van der Waals surface area contributed by atoms with E-state index >= 15 is 0 Å². The van der Waals surface area contributed by atoms with Gasteiger partial charge in [0.1, 0.15) is 4.99 Å². The van der Waals surface area contributed by atoms with Crippen molar-refractivity contribution in [3.8, 4) is 0 Å². The second kappa shape index (κ2) is 5.77. The standard InChI is InChI=1S/C8H14N6O2S3/c1-4(2)6(17)14(19(11,15)16)8-13-5(3-18-8)12-7(9)10/h3-4H,1-2H3,(H4,9,10,12)(H2,11,15,16). The van der Waals surface area contributed by atoms with Gasteiger partial charge in [-0.3, -0.25) is 0 Å². The van der Waals surface area contributed by atoms with E-state index in [1.165, 1.54) is 5.38 Å². The molecule has 19 heavy (non-hydrogen) atoms. The zero-order valence-electron chi connectivity index (χ0n) is 10.3. The van der Waals surface area contributed by atoms with Gasteiger partial charge in [0, 0.05) is 11.3 Å². The van der Waals surface area contributed by atoms with E-state index in [0.29, 0.717) is 0 Å². The van der Waals surface area contributed by atoms with E-state index in [4.69, 9.17) is 28.8 Å². The molecule has 0 bridgehead atoms. The Hall–Kier alpha value is -1.30. The fraction of sp³-hybridized carbons (Fsp3) is 0.375. The zero-order chi connectivity index (χ0) is 14.8. The molecule has 0 spiro atoms. The molecular formula is C8H14N6O2S3. The second-order valence-electron chi connectivity index (χ2n) is 3.83. The van der Waals surface area contributed by atoms with Crippen LogP contribution in [0, 0.1) is 5.92 Å². The van der Waals surface area contributed by atoms with Crippen LogP contribution in [0.15, 0.2) is 10.4 Å². The zero-order valence-corrected chi connectivity index (χ0v) is 12.7. The molecule has 6 N–H and O–H groups in total. The summed E-state index contributed by atoms with van der Waals surface area (Å²) in [6.45, 7) is 3.51. The van der Waals surface area contributed by atoms with Crippen molar-refractivity contribution in [2.24, 2.45) is 27.5 Å². The largest absolute Gasteiger partial charge is 0.370 e. The third-order valence-electron chi connectivity index (χ3n) is 1.85. The van der Waals surface area contributed by atoms with Gasteiger partial charge in [-0.2, -0.15) is 22.7 Å². The van der Waals surface area contributed by atoms with Crippen molar-refractivity contribution in [3.63, 3.8) is 0 Å². The molecule has 11 heteroatoms. The van der Waals surface area contributed by atoms with Gasteiger partial charge in [-0.15, -0.1) is 11.3 Å². The number of nitrogens with zero attached hydrogens (tertiary/aromatic N) is 3. The molecule has 0 fully saturated rings. The van der Waals surface area contributed by atoms with Crippen molar-refractivity contribution in [2.75, 3.05) is 4.31 Å². The molecule has 0 atom stereocenters. The van der Waals surface area contributed by atoms with Gasteiger partial charge in [0.2, 0.25) is 5.13 Å². The monoisotopic (exact) mass is 322 g/mol. The molecule has 0 saturated carbocycles. The summed E-state index contributed by atoms with van der Waals surface area (Å²) in [6, 6.07) is 0. The fourth-order valence-corrected chi connectivity index (χ4v) is 3.37. The van der Waals surface area contributed by atoms with Crippen LogP contribution >= 0.6 is 23.6 Å². The first-order chi connectivity index (χ1) is 8.62. The van der Waals surface area contributed by atoms with E-state index < -0.39 is 10.2 Å². The Labute approximate surface area is 120 Å². The molecule has 0 radical (unpaired) electrons. The fourth-order valence-electron chi connectivity index (χ4n) is 1.10. The van der Waals surface area contributed by atoms with Crippen LogP contribution in [0.25, 0.3) is 0 Å². The minimum absolute atomic E-state index is 0.0983. The number of guanidine groups is 1. The van der Waals surface area contributed by atoms with Crippen LogP contribution in [0.1, 0.15) is 13.8 Å². The number of hydrogen-bond donors (Lipinski definition) is 3. The lowest BCUT2D eigenvalue weighted by Crippen LogP contribution is -2.42. The number of thiocarbonyl (C=S) groups is 1. The molecule has 0 aromatic carbocycles. The second-order valence-corrected chi connectivity index (χ2v) is 6.48. The summed E-state index contributed by atoms with van der Waals surface area (Å²) < 4.78 is 24.0. The summed E-state index contributed by atoms with van der Waals surface area (Å²) >= 11 is 6.10. The summed E-state index contributed by atoms with van der Waals surface area (Å²) in [4.78, 5) is 7.83. The molecule has 0 aliphatic carbocycles. The predicted octanol–water partition coefficient (Wildman–Crippen LogP) is 0.0413. The van der Waals surface area contributed by atoms with Crippen LogP contribution in [0.3, 0.4) is 0 Å². The highest BCUT2D eigenvalue weighted by Crippen LogP contribution is 2.28. The van der Waals surface area contributed by atoms with Crippen LogP contribution in [0.2, 0.25) is 0 Å². The first kappa shape index (κ1) is 15.8. The molecule has 0 amide bonds. The molecule has 106 valence electrons. The molecule has 0 saturated heterocycles. The highest BCUT2D eigenvalue weighted by molar-refractivity contribution is 7.93. The number of aliphatic imine (C=N–C) groups is 1. The van der Waals surface area contributed by atoms with Crippen LogP contribution in [0.4, 0.5) is 10.9 Å². The molecular weight excluding hydrogens is 308 g/mol. The number of nitrogens with two attached hydrogens (primary N) is 3. The van der Waals surface area contributed by atoms with Crippen LogP contribution in [-0.2, 0) is 10.2 Å². The van der Waals surface area contributed by atoms with Gasteiger partial charge >= 0.3 is 10.2 Å². The molecule has 1 aromatic heterocycles. The Morgan fingerprint density at radius 2 is 2.11 bits per heavy atom. The molecule has 0 aliphatic heterocycles. The SMILES string of the molecule is CC(C)C(=S)N(c1nc(N=C(N)N)cs1)S(N)(=O)=O. The number of anilines is 1. The van der Waals surface area contributed by atoms with E-state index in [1.54, 1.807) is 13.8 Å². The number of rotatable bonds is 4. The lowest BCUT2D eigenvalue weighted by atomic mass is 10.2. The van der Waals surface area contributed by atoms with Gasteiger partial charge in [-0.25, -0.2) is 5.14 Å². The van der Waals surface area contributed by atoms with Gasteiger partial charge in [0.25, 0.3) is 0 Å². The molecule has 1 heterocycles. The summed E-state index contributed by atoms with van der Waals surface area (Å²) in [7, 11) is -4.05. The molecule has 0 unspecified atom stereocenters. The van der Waals surface area contributed by atoms with E-state index in [-0.39, 0.29) is 27.8 Å². The van der Waals surface area contributed by atoms with Gasteiger partial charge < -0.3 is 11.5 Å². The summed E-state index contributed by atoms with van der Waals surface area (Å²) in [5.41, 5.74) is 10.4. The summed E-state index contributed by atoms with van der Waals surface area (Å²) in [6.07, 6.45) is 0. The van der Waals surface area contributed by atoms with Crippen molar-refractivity contribution >= 4 is 55.7 Å². The summed E-state index contributed by atoms with van der Waals surface area (Å²) in [5.74, 6) is -0.172. The van der Waals surface area contributed by atoms with Gasteiger partial charge in [-0.1, -0.05) is 26.1 Å². The van der Waals surface area contributed by atoms with Crippen molar-refractivity contribution in [1.82, 2.24) is 4.98 Å². The topological polar surface area (TPSA) is 141 Å². The van der Waals surface area contributed by atoms with Crippen molar-refractivity contribution in [3.05, 3.63) is 5.38 Å². The Kier molecular flexibility index (Phi) is 4.79. The highest BCUT2D eigenvalue weighted by atomic mass is 32.2. The Morgan fingerprint density at radius 3 is 2.53 bits per heavy atom. The number of aromatic nitrogens is 1. The van der Waals surface area contributed by atoms with Crippen molar-refractivity contribution in [2.45, 2.75) is 13.8 Å². The first-order valence-corrected chi connectivity index (χ1v) is 7.84. The van der Waals surface area contributed by atoms with E-state index in [1.807, 2.05) is 0 Å². The van der Waals surface area contributed by atoms with Crippen LogP contribution in [0.5, 0.6) is 0 Å². The summed E-state index contributed by atoms with van der Waals surface area (Å²) in [5, 5.41) is 6.75. The maximum atomic E-state index is 11.6. The van der Waals surface area contributed by atoms with Crippen molar-refractivity contribution in [1.29, 1.82) is 0 Å². The lowest BCUT2D eigenvalue weighted by Gasteiger charge is -2.21. The minimum atomic E-state index is -4.05. The first-order valence-electron chi connectivity index (χ1n) is 5.05. The maximum absolute atomic E-state index is 11.6. The van der Waals surface area contributed by atoms with Crippen LogP contribution < -0.4 is 20.9 Å². The quantitative estimate of drug-likeness (QED) is 0.406. The number of thiazole rings is 1. The third-order valence-corrected chi connectivity index (χ3v) is 4.42. The van der Waals surface area contributed by atoms with E-state index in [2.05, 4.69) is 9.98 Å². The molecule has 8 nitrogen and oxygen atoms in total. The third kappa shape index (κ3) is 4.09. The predicted molar refractivity (Wildman–Crippen MR) is 80.6 cm³/mol. The molecule has 0 aliphatic rings. The highest BCUT2D eigenvalue weighted by Gasteiger charge is 2.27. The Bertz CT molecular complexity index is 602. The average Bonchev–Trinajstić information content (AvgIpc) is 2.62. The van der Waals surface area contributed by atoms with Gasteiger partial charge in [0.15, 0.2) is 11.8 Å². The Morgan fingerprint density at radius 1 is 1.53 bits per heavy atom. The molecule has 1 rings (SSSR count). The molecule has 1 aromatic rings. The minimum Gasteiger partial charge on any atom is -0.370 e. The van der Waals surface area contributed by atoms with E-state index in [0.717, 1.165) is 15.6 Å². The maximum Gasteiger partial charge on any atom is 0.305 e. The van der Waals surface area contributed by atoms with Gasteiger partial charge in [0.05, 0.1) is 0 Å². The van der Waals surface area contributed by atoms with Gasteiger partial charge in [-0.05, 0) is 0 Å². The number of hydrogen-bond acceptors (Lipinski definition) is 6. The van der Waals surface area contributed by atoms with E-state index in [9.17, 15) is 8.42 Å².